The van der Waals surface area contributed by atoms with Gasteiger partial charge in [0.25, 0.3) is 0 Å². The Morgan fingerprint density at radius 1 is 1.15 bits per heavy atom. The highest BCUT2D eigenvalue weighted by atomic mass is 35.5. The molecule has 2 aromatic carbocycles. The van der Waals surface area contributed by atoms with Gasteiger partial charge in [0.2, 0.25) is 0 Å². The van der Waals surface area contributed by atoms with Crippen LogP contribution in [0.15, 0.2) is 42.5 Å². The number of hydrogen-bond acceptors (Lipinski definition) is 3. The molecule has 2 aromatic rings. The number of piperazine rings is 1. The minimum Gasteiger partial charge on any atom is -0.322 e. The first-order chi connectivity index (χ1) is 12.6. The van der Waals surface area contributed by atoms with Crippen molar-refractivity contribution >= 4 is 23.3 Å². The van der Waals surface area contributed by atoms with Crippen molar-refractivity contribution in [1.82, 2.24) is 9.80 Å². The quantitative estimate of drug-likeness (QED) is 0.894. The molecule has 0 aromatic heterocycles. The van der Waals surface area contributed by atoms with Gasteiger partial charge in [-0.3, -0.25) is 4.90 Å². The monoisotopic (exact) mass is 368 g/mol. The number of nitrogens with zero attached hydrogens (tertiary/aromatic N) is 3. The van der Waals surface area contributed by atoms with E-state index in [4.69, 9.17) is 16.9 Å². The van der Waals surface area contributed by atoms with E-state index >= 15 is 0 Å². The smallest absolute Gasteiger partial charge is 0.321 e. The minimum atomic E-state index is -0.0895. The minimum absolute atomic E-state index is 0.0895. The molecule has 0 saturated carbocycles. The molecule has 0 aliphatic carbocycles. The molecule has 0 atom stereocenters. The summed E-state index contributed by atoms with van der Waals surface area (Å²) in [4.78, 5) is 16.6. The lowest BCUT2D eigenvalue weighted by Gasteiger charge is -2.34. The van der Waals surface area contributed by atoms with E-state index in [-0.39, 0.29) is 6.03 Å². The van der Waals surface area contributed by atoms with Gasteiger partial charge in [-0.15, -0.1) is 0 Å². The lowest BCUT2D eigenvalue weighted by atomic mass is 10.1. The highest BCUT2D eigenvalue weighted by Gasteiger charge is 2.21. The van der Waals surface area contributed by atoms with Crippen molar-refractivity contribution in [2.24, 2.45) is 0 Å². The van der Waals surface area contributed by atoms with Gasteiger partial charge in [-0.2, -0.15) is 5.26 Å². The molecule has 1 heterocycles. The number of halogens is 1. The molecule has 2 amide bonds. The summed E-state index contributed by atoms with van der Waals surface area (Å²) in [6, 6.07) is 15.2. The van der Waals surface area contributed by atoms with Crippen LogP contribution in [-0.4, -0.2) is 42.0 Å². The van der Waals surface area contributed by atoms with Gasteiger partial charge in [0.15, 0.2) is 0 Å². The van der Waals surface area contributed by atoms with E-state index in [1.165, 1.54) is 5.56 Å². The number of hydrogen-bond donors (Lipinski definition) is 1. The molecule has 0 unspecified atom stereocenters. The molecule has 26 heavy (non-hydrogen) atoms. The molecule has 5 nitrogen and oxygen atoms in total. The predicted octanol–water partition coefficient (Wildman–Crippen LogP) is 3.87. The first kappa shape index (κ1) is 18.2. The lowest BCUT2D eigenvalue weighted by molar-refractivity contribution is 0.143. The molecule has 0 bridgehead atoms. The van der Waals surface area contributed by atoms with Crippen LogP contribution in [0, 0.1) is 18.3 Å². The molecular weight excluding hydrogens is 348 g/mol. The second kappa shape index (κ2) is 8.22. The highest BCUT2D eigenvalue weighted by Crippen LogP contribution is 2.23. The zero-order valence-corrected chi connectivity index (χ0v) is 15.5. The second-order valence-electron chi connectivity index (χ2n) is 6.41. The average Bonchev–Trinajstić information content (AvgIpc) is 2.66. The first-order valence-corrected chi connectivity index (χ1v) is 8.97. The Kier molecular flexibility index (Phi) is 5.77. The summed E-state index contributed by atoms with van der Waals surface area (Å²) in [6.07, 6.45) is 0. The standard InChI is InChI=1S/C20H21ClN4O/c1-15-18(21)3-2-4-19(15)23-20(26)25-11-9-24(10-12-25)14-17-7-5-16(13-22)6-8-17/h2-8H,9-12,14H2,1H3,(H,23,26). The Morgan fingerprint density at radius 2 is 1.85 bits per heavy atom. The first-order valence-electron chi connectivity index (χ1n) is 8.59. The fourth-order valence-corrected chi connectivity index (χ4v) is 3.16. The van der Waals surface area contributed by atoms with Gasteiger partial charge in [-0.25, -0.2) is 4.79 Å². The molecule has 1 aliphatic heterocycles. The van der Waals surface area contributed by atoms with Crippen molar-refractivity contribution in [3.63, 3.8) is 0 Å². The van der Waals surface area contributed by atoms with Crippen LogP contribution in [0.4, 0.5) is 10.5 Å². The Balaban J connectivity index is 1.52. The van der Waals surface area contributed by atoms with Crippen LogP contribution in [-0.2, 0) is 6.54 Å². The van der Waals surface area contributed by atoms with Gasteiger partial charge in [0.1, 0.15) is 0 Å². The van der Waals surface area contributed by atoms with E-state index in [2.05, 4.69) is 16.3 Å². The topological polar surface area (TPSA) is 59.4 Å². The van der Waals surface area contributed by atoms with Crippen LogP contribution in [0.25, 0.3) is 0 Å². The van der Waals surface area contributed by atoms with Crippen LogP contribution in [0.1, 0.15) is 16.7 Å². The zero-order valence-electron chi connectivity index (χ0n) is 14.7. The number of anilines is 1. The molecule has 0 radical (unpaired) electrons. The van der Waals surface area contributed by atoms with Crippen LogP contribution < -0.4 is 5.32 Å². The van der Waals surface area contributed by atoms with Crippen molar-refractivity contribution < 1.29 is 4.79 Å². The molecule has 3 rings (SSSR count). The van der Waals surface area contributed by atoms with Gasteiger partial charge >= 0.3 is 6.03 Å². The van der Waals surface area contributed by atoms with Crippen molar-refractivity contribution in [3.05, 3.63) is 64.2 Å². The van der Waals surface area contributed by atoms with E-state index in [0.717, 1.165) is 30.9 Å². The largest absolute Gasteiger partial charge is 0.322 e. The van der Waals surface area contributed by atoms with Crippen LogP contribution in [0.5, 0.6) is 0 Å². The average molecular weight is 369 g/mol. The third-order valence-electron chi connectivity index (χ3n) is 4.66. The molecule has 1 fully saturated rings. The van der Waals surface area contributed by atoms with Gasteiger partial charge < -0.3 is 10.2 Å². The summed E-state index contributed by atoms with van der Waals surface area (Å²) in [7, 11) is 0. The van der Waals surface area contributed by atoms with E-state index in [1.54, 1.807) is 0 Å². The van der Waals surface area contributed by atoms with Gasteiger partial charge in [-0.1, -0.05) is 29.8 Å². The van der Waals surface area contributed by atoms with Crippen molar-refractivity contribution in [1.29, 1.82) is 5.26 Å². The van der Waals surface area contributed by atoms with E-state index < -0.39 is 0 Å². The van der Waals surface area contributed by atoms with Crippen molar-refractivity contribution in [2.45, 2.75) is 13.5 Å². The van der Waals surface area contributed by atoms with Crippen molar-refractivity contribution in [3.8, 4) is 6.07 Å². The highest BCUT2D eigenvalue weighted by molar-refractivity contribution is 6.31. The Hall–Kier alpha value is -2.55. The van der Waals surface area contributed by atoms with Gasteiger partial charge in [0.05, 0.1) is 11.6 Å². The third kappa shape index (κ3) is 4.34. The molecule has 1 N–H and O–H groups in total. The Morgan fingerprint density at radius 3 is 2.50 bits per heavy atom. The third-order valence-corrected chi connectivity index (χ3v) is 5.07. The lowest BCUT2D eigenvalue weighted by Crippen LogP contribution is -2.49. The van der Waals surface area contributed by atoms with E-state index in [0.29, 0.717) is 23.7 Å². The van der Waals surface area contributed by atoms with E-state index in [1.807, 2.05) is 54.3 Å². The fraction of sp³-hybridized carbons (Fsp3) is 0.300. The summed E-state index contributed by atoms with van der Waals surface area (Å²) in [6.45, 7) is 5.73. The number of benzene rings is 2. The maximum atomic E-state index is 12.5. The second-order valence-corrected chi connectivity index (χ2v) is 6.82. The SMILES string of the molecule is Cc1c(Cl)cccc1NC(=O)N1CCN(Cc2ccc(C#N)cc2)CC1. The predicted molar refractivity (Wildman–Crippen MR) is 103 cm³/mol. The van der Waals surface area contributed by atoms with Crippen LogP contribution in [0.2, 0.25) is 5.02 Å². The fourth-order valence-electron chi connectivity index (χ4n) is 2.99. The molecule has 1 aliphatic rings. The zero-order chi connectivity index (χ0) is 18.5. The summed E-state index contributed by atoms with van der Waals surface area (Å²) in [5.74, 6) is 0. The number of carbonyl (C=O) groups is 1. The van der Waals surface area contributed by atoms with Gasteiger partial charge in [-0.05, 0) is 42.3 Å². The van der Waals surface area contributed by atoms with E-state index in [9.17, 15) is 4.79 Å². The molecule has 1 saturated heterocycles. The Bertz CT molecular complexity index is 821. The molecular formula is C20H21ClN4O. The summed E-state index contributed by atoms with van der Waals surface area (Å²) < 4.78 is 0. The summed E-state index contributed by atoms with van der Waals surface area (Å²) in [5, 5.41) is 12.5. The summed E-state index contributed by atoms with van der Waals surface area (Å²) >= 11 is 6.11. The number of amides is 2. The normalized spacial score (nSPS) is 14.7. The maximum Gasteiger partial charge on any atom is 0.321 e. The molecule has 6 heteroatoms. The summed E-state index contributed by atoms with van der Waals surface area (Å²) in [5.41, 5.74) is 3.48. The number of nitriles is 1. The molecule has 0 spiro atoms. The number of urea groups is 1. The number of carbonyl (C=O) groups excluding carboxylic acids is 1. The van der Waals surface area contributed by atoms with Crippen LogP contribution >= 0.6 is 11.6 Å². The Labute approximate surface area is 158 Å². The number of rotatable bonds is 3. The maximum absolute atomic E-state index is 12.5. The van der Waals surface area contributed by atoms with Gasteiger partial charge in [0, 0.05) is 43.4 Å². The molecule has 134 valence electrons. The van der Waals surface area contributed by atoms with Crippen LogP contribution in [0.3, 0.4) is 0 Å². The van der Waals surface area contributed by atoms with Crippen molar-refractivity contribution in [2.75, 3.05) is 31.5 Å². The number of nitrogens with one attached hydrogen (secondary N) is 1.